The number of benzene rings is 2. The van der Waals surface area contributed by atoms with Crippen molar-refractivity contribution in [2.45, 2.75) is 13.5 Å². The summed E-state index contributed by atoms with van der Waals surface area (Å²) in [6.07, 6.45) is 1.82. The molecule has 106 valence electrons. The van der Waals surface area contributed by atoms with Gasteiger partial charge in [0.15, 0.2) is 0 Å². The second-order valence-electron chi connectivity index (χ2n) is 4.56. The van der Waals surface area contributed by atoms with Gasteiger partial charge in [-0.1, -0.05) is 30.3 Å². The Morgan fingerprint density at radius 2 is 1.95 bits per heavy atom. The molecule has 5 heteroatoms. The maximum atomic E-state index is 4.57. The molecule has 0 aliphatic rings. The molecule has 0 aliphatic heterocycles. The zero-order chi connectivity index (χ0) is 14.7. The van der Waals surface area contributed by atoms with E-state index in [1.807, 2.05) is 42.6 Å². The minimum atomic E-state index is 0.765. The Kier molecular flexibility index (Phi) is 4.19. The van der Waals surface area contributed by atoms with E-state index in [0.29, 0.717) is 0 Å². The van der Waals surface area contributed by atoms with Crippen LogP contribution in [-0.4, -0.2) is 15.8 Å². The first kappa shape index (κ1) is 14.1. The van der Waals surface area contributed by atoms with Gasteiger partial charge in [0.25, 0.3) is 0 Å². The predicted molar refractivity (Wildman–Crippen MR) is 95.8 cm³/mol. The largest absolute Gasteiger partial charge is 0.309 e. The first-order valence-electron chi connectivity index (χ1n) is 6.78. The Morgan fingerprint density at radius 1 is 1.19 bits per heavy atom. The molecule has 2 aromatic carbocycles. The fourth-order valence-electron chi connectivity index (χ4n) is 2.22. The molecule has 0 saturated heterocycles. The van der Waals surface area contributed by atoms with E-state index in [2.05, 4.69) is 61.7 Å². The van der Waals surface area contributed by atoms with Crippen LogP contribution in [-0.2, 0) is 6.54 Å². The number of fused-ring (bicyclic) bond motifs is 1. The van der Waals surface area contributed by atoms with Gasteiger partial charge >= 0.3 is 0 Å². The van der Waals surface area contributed by atoms with Crippen LogP contribution in [0.5, 0.6) is 0 Å². The van der Waals surface area contributed by atoms with Crippen LogP contribution in [0.2, 0.25) is 0 Å². The van der Waals surface area contributed by atoms with Gasteiger partial charge in [-0.2, -0.15) is 5.10 Å². The lowest BCUT2D eigenvalue weighted by Crippen LogP contribution is -2.02. The van der Waals surface area contributed by atoms with Crippen molar-refractivity contribution in [3.05, 3.63) is 57.7 Å². The summed E-state index contributed by atoms with van der Waals surface area (Å²) in [5.74, 6) is 0.765. The Labute approximate surface area is 137 Å². The number of hydrogen-bond donors (Lipinski definition) is 1. The fraction of sp³-hybridized carbons (Fsp3) is 0.125. The lowest BCUT2D eigenvalue weighted by atomic mass is 10.2. The molecule has 0 atom stereocenters. The van der Waals surface area contributed by atoms with Crippen molar-refractivity contribution < 1.29 is 0 Å². The molecule has 0 fully saturated rings. The topological polar surface area (TPSA) is 42.2 Å². The van der Waals surface area contributed by atoms with Gasteiger partial charge in [-0.05, 0) is 47.7 Å². The van der Waals surface area contributed by atoms with E-state index in [-0.39, 0.29) is 0 Å². The van der Waals surface area contributed by atoms with Crippen LogP contribution < -0.4 is 5.43 Å². The third-order valence-corrected chi connectivity index (χ3v) is 4.23. The Balaban J connectivity index is 1.87. The summed E-state index contributed by atoms with van der Waals surface area (Å²) in [5, 5.41) is 4.31. The van der Waals surface area contributed by atoms with Crippen molar-refractivity contribution in [1.82, 2.24) is 9.55 Å². The number of imidazole rings is 1. The van der Waals surface area contributed by atoms with Gasteiger partial charge in [-0.15, -0.1) is 0 Å². The van der Waals surface area contributed by atoms with Crippen molar-refractivity contribution in [3.8, 4) is 0 Å². The molecule has 0 unspecified atom stereocenters. The number of aryl methyl sites for hydroxylation is 1. The van der Waals surface area contributed by atoms with Gasteiger partial charge in [0.05, 0.1) is 17.2 Å². The van der Waals surface area contributed by atoms with Crippen LogP contribution in [0.4, 0.5) is 5.95 Å². The number of anilines is 1. The number of hydrazone groups is 1. The number of para-hydroxylation sites is 2. The maximum Gasteiger partial charge on any atom is 0.224 e. The number of aromatic nitrogens is 2. The minimum absolute atomic E-state index is 0.765. The van der Waals surface area contributed by atoms with Crippen LogP contribution >= 0.6 is 22.6 Å². The number of rotatable bonds is 4. The van der Waals surface area contributed by atoms with E-state index in [1.54, 1.807) is 0 Å². The van der Waals surface area contributed by atoms with Crippen LogP contribution in [0, 0.1) is 3.57 Å². The van der Waals surface area contributed by atoms with Gasteiger partial charge in [-0.25, -0.2) is 10.4 Å². The van der Waals surface area contributed by atoms with Crippen molar-refractivity contribution >= 4 is 45.8 Å². The highest BCUT2D eigenvalue weighted by Crippen LogP contribution is 2.19. The van der Waals surface area contributed by atoms with Gasteiger partial charge in [-0.3, -0.25) is 0 Å². The van der Waals surface area contributed by atoms with Crippen LogP contribution in [0.25, 0.3) is 11.0 Å². The van der Waals surface area contributed by atoms with Gasteiger partial charge in [0.1, 0.15) is 0 Å². The molecule has 0 saturated carbocycles. The summed E-state index contributed by atoms with van der Waals surface area (Å²) in [4.78, 5) is 4.57. The molecule has 1 aromatic heterocycles. The van der Waals surface area contributed by atoms with E-state index in [9.17, 15) is 0 Å². The molecule has 0 amide bonds. The zero-order valence-electron chi connectivity index (χ0n) is 11.6. The van der Waals surface area contributed by atoms with Crippen LogP contribution in [0.15, 0.2) is 53.6 Å². The molecule has 0 aliphatic carbocycles. The summed E-state index contributed by atoms with van der Waals surface area (Å²) in [5.41, 5.74) is 6.23. The van der Waals surface area contributed by atoms with Crippen molar-refractivity contribution in [3.63, 3.8) is 0 Å². The van der Waals surface area contributed by atoms with Gasteiger partial charge in [0, 0.05) is 15.7 Å². The molecule has 1 heterocycles. The van der Waals surface area contributed by atoms with Gasteiger partial charge in [0.2, 0.25) is 5.95 Å². The SMILES string of the molecule is CCn1c(N/N=C\c2ccccc2I)nc2ccccc21. The molecule has 4 nitrogen and oxygen atoms in total. The number of hydrogen-bond acceptors (Lipinski definition) is 3. The molecular formula is C16H15IN4. The first-order chi connectivity index (χ1) is 10.3. The van der Waals surface area contributed by atoms with E-state index < -0.39 is 0 Å². The normalized spacial score (nSPS) is 11.3. The molecule has 3 aromatic rings. The lowest BCUT2D eigenvalue weighted by Gasteiger charge is -2.04. The Morgan fingerprint density at radius 3 is 2.76 bits per heavy atom. The minimum Gasteiger partial charge on any atom is -0.309 e. The molecule has 21 heavy (non-hydrogen) atoms. The average molecular weight is 390 g/mol. The third-order valence-electron chi connectivity index (χ3n) is 3.24. The van der Waals surface area contributed by atoms with Crippen molar-refractivity contribution in [2.24, 2.45) is 5.10 Å². The summed E-state index contributed by atoms with van der Waals surface area (Å²) in [7, 11) is 0. The number of halogens is 1. The zero-order valence-corrected chi connectivity index (χ0v) is 13.8. The predicted octanol–water partition coefficient (Wildman–Crippen LogP) is 4.11. The monoisotopic (exact) mass is 390 g/mol. The highest BCUT2D eigenvalue weighted by molar-refractivity contribution is 14.1. The maximum absolute atomic E-state index is 4.57. The Bertz CT molecular complexity index is 792. The third kappa shape index (κ3) is 2.92. The van der Waals surface area contributed by atoms with Crippen molar-refractivity contribution in [1.29, 1.82) is 0 Å². The smallest absolute Gasteiger partial charge is 0.224 e. The fourth-order valence-corrected chi connectivity index (χ4v) is 2.75. The number of nitrogens with one attached hydrogen (secondary N) is 1. The van der Waals surface area contributed by atoms with Crippen LogP contribution in [0.1, 0.15) is 12.5 Å². The van der Waals surface area contributed by atoms with E-state index >= 15 is 0 Å². The molecular weight excluding hydrogens is 375 g/mol. The Hall–Kier alpha value is -1.89. The molecule has 1 N–H and O–H groups in total. The average Bonchev–Trinajstić information content (AvgIpc) is 2.86. The van der Waals surface area contributed by atoms with Crippen LogP contribution in [0.3, 0.4) is 0 Å². The summed E-state index contributed by atoms with van der Waals surface area (Å²) in [6, 6.07) is 16.2. The molecule has 3 rings (SSSR count). The van der Waals surface area contributed by atoms with E-state index in [4.69, 9.17) is 0 Å². The first-order valence-corrected chi connectivity index (χ1v) is 7.86. The lowest BCUT2D eigenvalue weighted by molar-refractivity contribution is 0.791. The van der Waals surface area contributed by atoms with Crippen molar-refractivity contribution in [2.75, 3.05) is 5.43 Å². The highest BCUT2D eigenvalue weighted by Gasteiger charge is 2.07. The second-order valence-corrected chi connectivity index (χ2v) is 5.72. The molecule has 0 radical (unpaired) electrons. The standard InChI is InChI=1S/C16H15IN4/c1-2-21-15-10-6-5-9-14(15)19-16(21)20-18-11-12-7-3-4-8-13(12)17/h3-11H,2H2,1H3,(H,19,20)/b18-11-. The quantitative estimate of drug-likeness (QED) is 0.414. The summed E-state index contributed by atoms with van der Waals surface area (Å²) >= 11 is 2.30. The summed E-state index contributed by atoms with van der Waals surface area (Å²) < 4.78 is 3.28. The van der Waals surface area contributed by atoms with Gasteiger partial charge < -0.3 is 4.57 Å². The summed E-state index contributed by atoms with van der Waals surface area (Å²) in [6.45, 7) is 2.95. The number of nitrogens with zero attached hydrogens (tertiary/aromatic N) is 3. The van der Waals surface area contributed by atoms with E-state index in [0.717, 1.165) is 29.1 Å². The second kappa shape index (κ2) is 6.26. The molecule has 0 spiro atoms. The molecule has 0 bridgehead atoms. The van der Waals surface area contributed by atoms with E-state index in [1.165, 1.54) is 3.57 Å². The highest BCUT2D eigenvalue weighted by atomic mass is 127.